The summed E-state index contributed by atoms with van der Waals surface area (Å²) in [5.41, 5.74) is 1.08. The number of carbonyl (C=O) groups excluding carboxylic acids is 2. The molecule has 3 fully saturated rings. The number of piperidine rings is 1. The molecular formula is C22H29NO5. The van der Waals surface area contributed by atoms with Gasteiger partial charge in [-0.2, -0.15) is 0 Å². The monoisotopic (exact) mass is 387 g/mol. The number of Topliss-reactive ketones (excluding diaryl/α,β-unsaturated/α-hetero) is 1. The van der Waals surface area contributed by atoms with E-state index in [0.717, 1.165) is 18.4 Å². The summed E-state index contributed by atoms with van der Waals surface area (Å²) in [6.07, 6.45) is 2.67. The molecule has 3 heterocycles. The Labute approximate surface area is 166 Å². The molecule has 0 spiro atoms. The highest BCUT2D eigenvalue weighted by atomic mass is 16.7. The first-order valence-electron chi connectivity index (χ1n) is 10.2. The Bertz CT molecular complexity index is 736. The maximum absolute atomic E-state index is 13.2. The van der Waals surface area contributed by atoms with E-state index in [2.05, 4.69) is 0 Å². The molecule has 2 atom stereocenters. The Morgan fingerprint density at radius 1 is 1.07 bits per heavy atom. The van der Waals surface area contributed by atoms with E-state index < -0.39 is 5.60 Å². The van der Waals surface area contributed by atoms with E-state index in [1.165, 1.54) is 0 Å². The Morgan fingerprint density at radius 3 is 2.32 bits per heavy atom. The van der Waals surface area contributed by atoms with E-state index >= 15 is 0 Å². The van der Waals surface area contributed by atoms with Gasteiger partial charge in [-0.1, -0.05) is 18.2 Å². The van der Waals surface area contributed by atoms with Gasteiger partial charge < -0.3 is 19.1 Å². The van der Waals surface area contributed by atoms with Crippen LogP contribution in [0, 0.1) is 5.92 Å². The second-order valence-electron chi connectivity index (χ2n) is 9.00. The highest BCUT2D eigenvalue weighted by Gasteiger charge is 2.46. The average molecular weight is 387 g/mol. The second-order valence-corrected chi connectivity index (χ2v) is 9.00. The summed E-state index contributed by atoms with van der Waals surface area (Å²) < 4.78 is 16.7. The number of fused-ring (bicyclic) bond motifs is 2. The van der Waals surface area contributed by atoms with Gasteiger partial charge in [-0.05, 0) is 52.5 Å². The number of ketones is 1. The van der Waals surface area contributed by atoms with Crippen molar-refractivity contribution in [2.24, 2.45) is 5.92 Å². The normalized spacial score (nSPS) is 27.8. The van der Waals surface area contributed by atoms with Crippen LogP contribution in [0.15, 0.2) is 24.3 Å². The number of benzene rings is 1. The molecule has 0 radical (unpaired) electrons. The maximum atomic E-state index is 13.2. The van der Waals surface area contributed by atoms with Gasteiger partial charge in [0.2, 0.25) is 0 Å². The number of hydrogen-bond donors (Lipinski definition) is 0. The summed E-state index contributed by atoms with van der Waals surface area (Å²) in [6.45, 7) is 6.81. The molecule has 3 saturated heterocycles. The van der Waals surface area contributed by atoms with Crippen molar-refractivity contribution in [3.05, 3.63) is 35.4 Å². The van der Waals surface area contributed by atoms with Crippen molar-refractivity contribution in [1.82, 2.24) is 4.90 Å². The van der Waals surface area contributed by atoms with Gasteiger partial charge in [0.25, 0.3) is 0 Å². The minimum Gasteiger partial charge on any atom is -0.444 e. The van der Waals surface area contributed by atoms with Crippen molar-refractivity contribution in [3.63, 3.8) is 0 Å². The summed E-state index contributed by atoms with van der Waals surface area (Å²) in [6, 6.07) is 7.75. The highest BCUT2D eigenvalue weighted by Crippen LogP contribution is 2.41. The van der Waals surface area contributed by atoms with Crippen molar-refractivity contribution in [3.8, 4) is 0 Å². The van der Waals surface area contributed by atoms with Crippen LogP contribution in [0.4, 0.5) is 4.79 Å². The van der Waals surface area contributed by atoms with Gasteiger partial charge in [0.1, 0.15) is 5.60 Å². The van der Waals surface area contributed by atoms with Crippen molar-refractivity contribution in [2.45, 2.75) is 70.4 Å². The Hall–Kier alpha value is -1.92. The third kappa shape index (κ3) is 3.94. The van der Waals surface area contributed by atoms with E-state index in [-0.39, 0.29) is 36.2 Å². The van der Waals surface area contributed by atoms with E-state index in [1.807, 2.05) is 49.9 Å². The molecule has 6 heteroatoms. The first-order valence-corrected chi connectivity index (χ1v) is 10.2. The van der Waals surface area contributed by atoms with Crippen molar-refractivity contribution < 1.29 is 23.8 Å². The minimum atomic E-state index is -0.506. The Morgan fingerprint density at radius 2 is 1.71 bits per heavy atom. The fourth-order valence-corrected chi connectivity index (χ4v) is 4.63. The van der Waals surface area contributed by atoms with Gasteiger partial charge in [-0.25, -0.2) is 4.79 Å². The number of nitrogens with zero attached hydrogens (tertiary/aromatic N) is 1. The number of rotatable bonds is 3. The predicted molar refractivity (Wildman–Crippen MR) is 103 cm³/mol. The quantitative estimate of drug-likeness (QED) is 0.731. The van der Waals surface area contributed by atoms with Gasteiger partial charge in [0.15, 0.2) is 12.1 Å². The van der Waals surface area contributed by atoms with Crippen LogP contribution in [0.3, 0.4) is 0 Å². The van der Waals surface area contributed by atoms with Crippen LogP contribution in [-0.2, 0) is 14.2 Å². The molecule has 1 amide bonds. The number of hydrogen-bond acceptors (Lipinski definition) is 5. The average Bonchev–Trinajstić information content (AvgIpc) is 3.26. The lowest BCUT2D eigenvalue weighted by Crippen LogP contribution is -2.49. The van der Waals surface area contributed by atoms with Crippen LogP contribution in [0.25, 0.3) is 0 Å². The first kappa shape index (κ1) is 19.4. The molecule has 0 aromatic heterocycles. The SMILES string of the molecule is CC(C)(C)OC(=O)N1C2CCC1CC(C(=O)c1cccc(C3OCCO3)c1)C2. The van der Waals surface area contributed by atoms with Crippen LogP contribution < -0.4 is 0 Å². The smallest absolute Gasteiger partial charge is 0.410 e. The molecule has 2 bridgehead atoms. The molecule has 0 aliphatic carbocycles. The summed E-state index contributed by atoms with van der Waals surface area (Å²) in [5.74, 6) is 0.0948. The summed E-state index contributed by atoms with van der Waals surface area (Å²) in [7, 11) is 0. The van der Waals surface area contributed by atoms with E-state index in [1.54, 1.807) is 0 Å². The topological polar surface area (TPSA) is 65.1 Å². The molecule has 3 aliphatic heterocycles. The third-order valence-corrected chi connectivity index (χ3v) is 5.77. The van der Waals surface area contributed by atoms with E-state index in [4.69, 9.17) is 14.2 Å². The van der Waals surface area contributed by atoms with Gasteiger partial charge >= 0.3 is 6.09 Å². The maximum Gasteiger partial charge on any atom is 0.410 e. The molecule has 0 saturated carbocycles. The second kappa shape index (κ2) is 7.48. The zero-order valence-electron chi connectivity index (χ0n) is 16.8. The molecule has 152 valence electrons. The van der Waals surface area contributed by atoms with Crippen molar-refractivity contribution in [1.29, 1.82) is 0 Å². The summed E-state index contributed by atoms with van der Waals surface area (Å²) in [4.78, 5) is 27.7. The van der Waals surface area contributed by atoms with Gasteiger partial charge in [-0.15, -0.1) is 0 Å². The first-order chi connectivity index (χ1) is 13.3. The van der Waals surface area contributed by atoms with Gasteiger partial charge in [0.05, 0.1) is 13.2 Å². The standard InChI is InChI=1S/C22H29NO5/c1-22(2,3)28-21(25)23-17-7-8-18(23)13-16(12-17)19(24)14-5-4-6-15(11-14)20-26-9-10-27-20/h4-6,11,16-18,20H,7-10,12-13H2,1-3H3. The highest BCUT2D eigenvalue weighted by molar-refractivity contribution is 5.98. The fourth-order valence-electron chi connectivity index (χ4n) is 4.63. The predicted octanol–water partition coefficient (Wildman–Crippen LogP) is 4.09. The molecule has 4 rings (SSSR count). The van der Waals surface area contributed by atoms with Crippen molar-refractivity contribution in [2.75, 3.05) is 13.2 Å². The Kier molecular flexibility index (Phi) is 5.19. The van der Waals surface area contributed by atoms with Gasteiger partial charge in [-0.3, -0.25) is 4.79 Å². The molecule has 6 nitrogen and oxygen atoms in total. The zero-order chi connectivity index (χ0) is 19.9. The summed E-state index contributed by atoms with van der Waals surface area (Å²) in [5, 5.41) is 0. The largest absolute Gasteiger partial charge is 0.444 e. The molecule has 3 aliphatic rings. The Balaban J connectivity index is 1.45. The lowest BCUT2D eigenvalue weighted by Gasteiger charge is -2.39. The molecule has 1 aromatic rings. The van der Waals surface area contributed by atoms with E-state index in [0.29, 0.717) is 31.6 Å². The summed E-state index contributed by atoms with van der Waals surface area (Å²) >= 11 is 0. The lowest BCUT2D eigenvalue weighted by atomic mass is 9.84. The van der Waals surface area contributed by atoms with Gasteiger partial charge in [0, 0.05) is 29.1 Å². The zero-order valence-corrected chi connectivity index (χ0v) is 16.8. The third-order valence-electron chi connectivity index (χ3n) is 5.77. The number of carbonyl (C=O) groups is 2. The molecule has 0 N–H and O–H groups in total. The van der Waals surface area contributed by atoms with Crippen LogP contribution in [0.2, 0.25) is 0 Å². The fraction of sp³-hybridized carbons (Fsp3) is 0.636. The number of amides is 1. The molecule has 1 aromatic carbocycles. The lowest BCUT2D eigenvalue weighted by molar-refractivity contribution is -0.0441. The van der Waals surface area contributed by atoms with E-state index in [9.17, 15) is 9.59 Å². The molecule has 2 unspecified atom stereocenters. The van der Waals surface area contributed by atoms with Crippen LogP contribution in [0.5, 0.6) is 0 Å². The minimum absolute atomic E-state index is 0.0585. The molecular weight excluding hydrogens is 358 g/mol. The number of ether oxygens (including phenoxy) is 3. The van der Waals surface area contributed by atoms with Crippen LogP contribution in [0.1, 0.15) is 68.7 Å². The molecule has 28 heavy (non-hydrogen) atoms. The van der Waals surface area contributed by atoms with Crippen LogP contribution >= 0.6 is 0 Å². The van der Waals surface area contributed by atoms with Crippen LogP contribution in [-0.4, -0.2) is 47.7 Å². The van der Waals surface area contributed by atoms with Crippen molar-refractivity contribution >= 4 is 11.9 Å².